The molecule has 0 saturated carbocycles. The van der Waals surface area contributed by atoms with Gasteiger partial charge < -0.3 is 19.1 Å². The number of nitrogens with zero attached hydrogens (tertiary/aromatic N) is 5. The maximum absolute atomic E-state index is 12.3. The van der Waals surface area contributed by atoms with Crippen molar-refractivity contribution in [1.82, 2.24) is 30.2 Å². The van der Waals surface area contributed by atoms with E-state index in [1.165, 1.54) is 0 Å². The number of H-pyrrole nitrogens is 1. The lowest BCUT2D eigenvalue weighted by Gasteiger charge is -2.25. The summed E-state index contributed by atoms with van der Waals surface area (Å²) in [5.41, 5.74) is 1.98. The summed E-state index contributed by atoms with van der Waals surface area (Å²) in [4.78, 5) is 23.5. The normalized spacial score (nSPS) is 23.2. The Bertz CT molecular complexity index is 1250. The number of esters is 1. The van der Waals surface area contributed by atoms with E-state index in [9.17, 15) is 9.90 Å². The Hall–Kier alpha value is -3.02. The molecule has 0 bridgehead atoms. The van der Waals surface area contributed by atoms with Gasteiger partial charge in [-0.1, -0.05) is 42.4 Å². The maximum Gasteiger partial charge on any atom is 0.312 e. The Kier molecular flexibility index (Phi) is 8.79. The first kappa shape index (κ1) is 27.5. The summed E-state index contributed by atoms with van der Waals surface area (Å²) in [5, 5.41) is 21.9. The predicted octanol–water partition coefficient (Wildman–Crippen LogP) is 4.06. The SMILES string of the molecule is C[C@H](Oc1cc(Cl)nc(-c2noc3c2CCCCCCCC3O)n1)[C@@H]1CC(OC(=O)Cc2cc[nH]n2)CN1C. The lowest BCUT2D eigenvalue weighted by atomic mass is 9.96. The van der Waals surface area contributed by atoms with Crippen LogP contribution in [0.3, 0.4) is 0 Å². The quantitative estimate of drug-likeness (QED) is 0.322. The zero-order valence-corrected chi connectivity index (χ0v) is 23.1. The Balaban J connectivity index is 1.27. The molecule has 39 heavy (non-hydrogen) atoms. The van der Waals surface area contributed by atoms with E-state index in [-0.39, 0.29) is 35.8 Å². The summed E-state index contributed by atoms with van der Waals surface area (Å²) in [6.07, 6.45) is 7.86. The van der Waals surface area contributed by atoms with Gasteiger partial charge in [0.05, 0.1) is 12.1 Å². The van der Waals surface area contributed by atoms with Crippen LogP contribution >= 0.6 is 11.6 Å². The number of carbonyl (C=O) groups is 1. The van der Waals surface area contributed by atoms with E-state index in [0.717, 1.165) is 44.1 Å². The lowest BCUT2D eigenvalue weighted by Crippen LogP contribution is -2.38. The van der Waals surface area contributed by atoms with Crippen LogP contribution in [0, 0.1) is 0 Å². The summed E-state index contributed by atoms with van der Waals surface area (Å²) in [6, 6.07) is 3.33. The van der Waals surface area contributed by atoms with Gasteiger partial charge in [-0.25, -0.2) is 4.98 Å². The van der Waals surface area contributed by atoms with Crippen molar-refractivity contribution in [2.75, 3.05) is 13.6 Å². The molecule has 0 radical (unpaired) electrons. The third kappa shape index (κ3) is 6.77. The molecule has 1 saturated heterocycles. The molecule has 4 heterocycles. The second-order valence-electron chi connectivity index (χ2n) is 10.5. The van der Waals surface area contributed by atoms with Crippen molar-refractivity contribution in [1.29, 1.82) is 0 Å². The Morgan fingerprint density at radius 1 is 1.28 bits per heavy atom. The molecule has 2 unspecified atom stereocenters. The van der Waals surface area contributed by atoms with Crippen LogP contribution in [0.1, 0.15) is 75.0 Å². The van der Waals surface area contributed by atoms with E-state index >= 15 is 0 Å². The summed E-state index contributed by atoms with van der Waals surface area (Å²) in [7, 11) is 1.98. The highest BCUT2D eigenvalue weighted by Crippen LogP contribution is 2.34. The van der Waals surface area contributed by atoms with Gasteiger partial charge in [0.1, 0.15) is 23.5 Å². The molecule has 0 amide bonds. The van der Waals surface area contributed by atoms with Crippen LogP contribution in [0.5, 0.6) is 5.88 Å². The van der Waals surface area contributed by atoms with Gasteiger partial charge in [-0.15, -0.1) is 0 Å². The maximum atomic E-state index is 12.3. The smallest absolute Gasteiger partial charge is 0.312 e. The Labute approximate surface area is 232 Å². The fraction of sp³-hybridized carbons (Fsp3) is 0.593. The number of likely N-dealkylation sites (tertiary alicyclic amines) is 1. The summed E-state index contributed by atoms with van der Waals surface area (Å²) in [5.74, 6) is 0.818. The molecule has 0 spiro atoms. The summed E-state index contributed by atoms with van der Waals surface area (Å²) < 4.78 is 17.5. The van der Waals surface area contributed by atoms with Gasteiger partial charge in [0, 0.05) is 36.8 Å². The highest BCUT2D eigenvalue weighted by molar-refractivity contribution is 6.29. The van der Waals surface area contributed by atoms with Gasteiger partial charge in [-0.3, -0.25) is 14.8 Å². The van der Waals surface area contributed by atoms with Crippen molar-refractivity contribution in [3.8, 4) is 17.4 Å². The minimum Gasteiger partial charge on any atom is -0.473 e. The van der Waals surface area contributed by atoms with Crippen LogP contribution in [0.25, 0.3) is 11.5 Å². The second kappa shape index (κ2) is 12.4. The molecule has 3 aromatic rings. The van der Waals surface area contributed by atoms with E-state index in [1.807, 2.05) is 14.0 Å². The molecular formula is C27H35ClN6O5. The molecule has 210 valence electrons. The summed E-state index contributed by atoms with van der Waals surface area (Å²) >= 11 is 6.38. The standard InChI is InChI=1S/C27H35ClN6O5/c1-16(20-13-18(15-34(20)2)38-24(36)12-17-10-11-29-32-17)37-23-14-22(28)30-27(31-23)25-19-8-6-4-3-5-7-9-21(35)26(19)39-33-25/h10-11,14,16,18,20-21,35H,3-9,12-13,15H2,1-2H3,(H,29,32)/t16-,18?,20-,21?/m0/s1. The van der Waals surface area contributed by atoms with Crippen LogP contribution < -0.4 is 4.74 Å². The van der Waals surface area contributed by atoms with Gasteiger partial charge in [0.15, 0.2) is 17.3 Å². The molecule has 4 atom stereocenters. The molecule has 2 aliphatic rings. The molecule has 11 nitrogen and oxygen atoms in total. The summed E-state index contributed by atoms with van der Waals surface area (Å²) in [6.45, 7) is 2.56. The van der Waals surface area contributed by atoms with E-state index in [2.05, 4.69) is 30.2 Å². The number of aliphatic hydroxyl groups is 1. The topological polar surface area (TPSA) is 139 Å². The number of hydrogen-bond donors (Lipinski definition) is 2. The van der Waals surface area contributed by atoms with Crippen molar-refractivity contribution in [2.45, 2.75) is 89.1 Å². The van der Waals surface area contributed by atoms with Crippen LogP contribution in [0.4, 0.5) is 0 Å². The first-order valence-corrected chi connectivity index (χ1v) is 14.0. The van der Waals surface area contributed by atoms with E-state index in [0.29, 0.717) is 48.2 Å². The highest BCUT2D eigenvalue weighted by Gasteiger charge is 2.37. The first-order valence-electron chi connectivity index (χ1n) is 13.6. The van der Waals surface area contributed by atoms with Crippen molar-refractivity contribution in [3.05, 3.63) is 40.5 Å². The molecule has 1 fully saturated rings. The van der Waals surface area contributed by atoms with Gasteiger partial charge in [0.25, 0.3) is 0 Å². The Morgan fingerprint density at radius 2 is 2.10 bits per heavy atom. The third-order valence-electron chi connectivity index (χ3n) is 7.50. The fourth-order valence-electron chi connectivity index (χ4n) is 5.51. The van der Waals surface area contributed by atoms with Crippen molar-refractivity contribution < 1.29 is 23.9 Å². The second-order valence-corrected chi connectivity index (χ2v) is 10.9. The number of nitrogens with one attached hydrogen (secondary N) is 1. The molecule has 1 aliphatic carbocycles. The third-order valence-corrected chi connectivity index (χ3v) is 7.69. The average molecular weight is 559 g/mol. The Morgan fingerprint density at radius 3 is 2.92 bits per heavy atom. The number of likely N-dealkylation sites (N-methyl/N-ethyl adjacent to an activating group) is 1. The van der Waals surface area contributed by atoms with Crippen molar-refractivity contribution in [2.24, 2.45) is 0 Å². The first-order chi connectivity index (χ1) is 18.9. The highest BCUT2D eigenvalue weighted by atomic mass is 35.5. The van der Waals surface area contributed by atoms with Crippen molar-refractivity contribution in [3.63, 3.8) is 0 Å². The number of halogens is 1. The van der Waals surface area contributed by atoms with Gasteiger partial charge in [0.2, 0.25) is 5.88 Å². The molecule has 12 heteroatoms. The lowest BCUT2D eigenvalue weighted by molar-refractivity contribution is -0.147. The predicted molar refractivity (Wildman–Crippen MR) is 142 cm³/mol. The largest absolute Gasteiger partial charge is 0.473 e. The van der Waals surface area contributed by atoms with Crippen LogP contribution in [0.15, 0.2) is 22.9 Å². The monoisotopic (exact) mass is 558 g/mol. The number of rotatable bonds is 7. The van der Waals surface area contributed by atoms with Gasteiger partial charge >= 0.3 is 5.97 Å². The van der Waals surface area contributed by atoms with Crippen LogP contribution in [0.2, 0.25) is 5.15 Å². The molecule has 2 N–H and O–H groups in total. The number of hydrogen-bond acceptors (Lipinski definition) is 10. The molecule has 1 aliphatic heterocycles. The number of ether oxygens (including phenoxy) is 2. The van der Waals surface area contributed by atoms with E-state index in [4.69, 9.17) is 25.6 Å². The van der Waals surface area contributed by atoms with E-state index in [1.54, 1.807) is 18.3 Å². The minimum absolute atomic E-state index is 0.000258. The average Bonchev–Trinajstić information content (AvgIpc) is 3.63. The number of aliphatic hydroxyl groups excluding tert-OH is 1. The van der Waals surface area contributed by atoms with E-state index < -0.39 is 6.10 Å². The number of carbonyl (C=O) groups excluding carboxylic acids is 1. The van der Waals surface area contributed by atoms with Crippen molar-refractivity contribution >= 4 is 17.6 Å². The van der Waals surface area contributed by atoms with Gasteiger partial charge in [-0.2, -0.15) is 10.1 Å². The van der Waals surface area contributed by atoms with Crippen LogP contribution in [-0.4, -0.2) is 73.1 Å². The zero-order valence-electron chi connectivity index (χ0n) is 22.3. The van der Waals surface area contributed by atoms with Gasteiger partial charge in [-0.05, 0) is 39.3 Å². The number of aromatic nitrogens is 5. The number of aromatic amines is 1. The zero-order chi connectivity index (χ0) is 27.4. The fourth-order valence-corrected chi connectivity index (χ4v) is 5.69. The number of fused-ring (bicyclic) bond motifs is 1. The molecule has 3 aromatic heterocycles. The van der Waals surface area contributed by atoms with Crippen LogP contribution in [-0.2, 0) is 22.4 Å². The molecular weight excluding hydrogens is 524 g/mol. The minimum atomic E-state index is -0.700. The molecule has 5 rings (SSSR count). The molecule has 0 aromatic carbocycles.